The number of nitrogens with one attached hydrogen (secondary N) is 1. The number of amidine groups is 1. The van der Waals surface area contributed by atoms with E-state index in [-0.39, 0.29) is 11.9 Å². The molecule has 3 N–H and O–H groups in total. The molecule has 0 aliphatic carbocycles. The third kappa shape index (κ3) is 3.54. The summed E-state index contributed by atoms with van der Waals surface area (Å²) in [6.45, 7) is 7.27. The largest absolute Gasteiger partial charge is 0.385 e. The van der Waals surface area contributed by atoms with Crippen LogP contribution in [0.1, 0.15) is 32.0 Å². The van der Waals surface area contributed by atoms with Crippen LogP contribution in [-0.2, 0) is 11.3 Å². The van der Waals surface area contributed by atoms with E-state index in [2.05, 4.69) is 29.9 Å². The van der Waals surface area contributed by atoms with Crippen molar-refractivity contribution >= 4 is 5.84 Å². The van der Waals surface area contributed by atoms with Crippen LogP contribution < -0.4 is 5.73 Å². The Balaban J connectivity index is 1.93. The molecule has 1 saturated heterocycles. The fourth-order valence-corrected chi connectivity index (χ4v) is 2.16. The molecule has 0 spiro atoms. The maximum atomic E-state index is 7.45. The van der Waals surface area contributed by atoms with E-state index in [1.54, 1.807) is 0 Å². The van der Waals surface area contributed by atoms with E-state index < -0.39 is 0 Å². The van der Waals surface area contributed by atoms with Gasteiger partial charge in [-0.05, 0) is 19.4 Å². The van der Waals surface area contributed by atoms with Gasteiger partial charge in [-0.2, -0.15) is 5.10 Å². The third-order valence-electron chi connectivity index (χ3n) is 3.59. The Kier molecular flexibility index (Phi) is 4.55. The standard InChI is InChI=1S/C13H23N5O/c1-3-10(2)18-5-4-11(16-18)8-17-6-7-19-12(9-17)13(14)15/h4-5,10,12H,3,6-9H2,1-2H3,(H3,14,15). The number of nitrogens with zero attached hydrogens (tertiary/aromatic N) is 3. The fourth-order valence-electron chi connectivity index (χ4n) is 2.16. The van der Waals surface area contributed by atoms with E-state index in [1.807, 2.05) is 10.9 Å². The van der Waals surface area contributed by atoms with E-state index in [0.29, 0.717) is 19.2 Å². The Morgan fingerprint density at radius 2 is 2.47 bits per heavy atom. The number of nitrogens with two attached hydrogens (primary N) is 1. The summed E-state index contributed by atoms with van der Waals surface area (Å²) in [4.78, 5) is 2.23. The van der Waals surface area contributed by atoms with Crippen LogP contribution in [0, 0.1) is 5.41 Å². The molecular weight excluding hydrogens is 242 g/mol. The van der Waals surface area contributed by atoms with Crippen molar-refractivity contribution in [1.29, 1.82) is 5.41 Å². The van der Waals surface area contributed by atoms with E-state index in [1.165, 1.54) is 0 Å². The summed E-state index contributed by atoms with van der Waals surface area (Å²) >= 11 is 0. The predicted molar refractivity (Wildman–Crippen MR) is 74.2 cm³/mol. The molecule has 0 bridgehead atoms. The first-order chi connectivity index (χ1) is 9.10. The lowest BCUT2D eigenvalue weighted by molar-refractivity contribution is 0.00184. The molecule has 0 amide bonds. The number of rotatable bonds is 5. The Bertz CT molecular complexity index is 430. The van der Waals surface area contributed by atoms with E-state index >= 15 is 0 Å². The molecular formula is C13H23N5O. The molecule has 2 unspecified atom stereocenters. The smallest absolute Gasteiger partial charge is 0.127 e. The van der Waals surface area contributed by atoms with Crippen LogP contribution in [0.25, 0.3) is 0 Å². The van der Waals surface area contributed by atoms with Gasteiger partial charge in [-0.25, -0.2) is 0 Å². The average molecular weight is 265 g/mol. The molecule has 106 valence electrons. The zero-order valence-electron chi connectivity index (χ0n) is 11.7. The highest BCUT2D eigenvalue weighted by Gasteiger charge is 2.23. The monoisotopic (exact) mass is 265 g/mol. The first kappa shape index (κ1) is 14.0. The molecule has 0 aromatic carbocycles. The molecule has 19 heavy (non-hydrogen) atoms. The second-order valence-corrected chi connectivity index (χ2v) is 5.09. The summed E-state index contributed by atoms with van der Waals surface area (Å²) in [6.07, 6.45) is 2.84. The summed E-state index contributed by atoms with van der Waals surface area (Å²) in [5.74, 6) is 0.106. The normalized spacial score (nSPS) is 22.3. The quantitative estimate of drug-likeness (QED) is 0.614. The highest BCUT2D eigenvalue weighted by molar-refractivity contribution is 5.82. The SMILES string of the molecule is CCC(C)n1ccc(CN2CCOC(C(=N)N)C2)n1. The number of hydrogen-bond donors (Lipinski definition) is 2. The number of aromatic nitrogens is 2. The lowest BCUT2D eigenvalue weighted by Crippen LogP contribution is -2.47. The van der Waals surface area contributed by atoms with Crippen molar-refractivity contribution in [1.82, 2.24) is 14.7 Å². The molecule has 0 radical (unpaired) electrons. The van der Waals surface area contributed by atoms with Gasteiger partial charge in [-0.1, -0.05) is 6.92 Å². The van der Waals surface area contributed by atoms with Crippen molar-refractivity contribution in [3.05, 3.63) is 18.0 Å². The van der Waals surface area contributed by atoms with Crippen molar-refractivity contribution in [3.8, 4) is 0 Å². The van der Waals surface area contributed by atoms with Gasteiger partial charge in [0.25, 0.3) is 0 Å². The van der Waals surface area contributed by atoms with Gasteiger partial charge in [-0.3, -0.25) is 15.0 Å². The second kappa shape index (κ2) is 6.16. The molecule has 1 fully saturated rings. The third-order valence-corrected chi connectivity index (χ3v) is 3.59. The zero-order valence-corrected chi connectivity index (χ0v) is 11.7. The van der Waals surface area contributed by atoms with E-state index in [9.17, 15) is 0 Å². The van der Waals surface area contributed by atoms with Gasteiger partial charge in [0, 0.05) is 31.9 Å². The first-order valence-electron chi connectivity index (χ1n) is 6.82. The first-order valence-corrected chi connectivity index (χ1v) is 6.82. The number of morpholine rings is 1. The Hall–Kier alpha value is -1.40. The Morgan fingerprint density at radius 1 is 1.68 bits per heavy atom. The van der Waals surface area contributed by atoms with E-state index in [4.69, 9.17) is 15.9 Å². The average Bonchev–Trinajstić information content (AvgIpc) is 2.86. The molecule has 2 atom stereocenters. The van der Waals surface area contributed by atoms with Crippen LogP contribution in [0.3, 0.4) is 0 Å². The Morgan fingerprint density at radius 3 is 3.16 bits per heavy atom. The molecule has 6 nitrogen and oxygen atoms in total. The number of ether oxygens (including phenoxy) is 1. The maximum absolute atomic E-state index is 7.45. The van der Waals surface area contributed by atoms with Crippen molar-refractivity contribution < 1.29 is 4.74 Å². The van der Waals surface area contributed by atoms with Gasteiger partial charge in [0.05, 0.1) is 12.3 Å². The van der Waals surface area contributed by atoms with Gasteiger partial charge in [0.2, 0.25) is 0 Å². The fraction of sp³-hybridized carbons (Fsp3) is 0.692. The van der Waals surface area contributed by atoms with Crippen LogP contribution in [0.2, 0.25) is 0 Å². The topological polar surface area (TPSA) is 80.2 Å². The van der Waals surface area contributed by atoms with Crippen molar-refractivity contribution in [2.24, 2.45) is 5.73 Å². The van der Waals surface area contributed by atoms with Crippen LogP contribution in [0.4, 0.5) is 0 Å². The highest BCUT2D eigenvalue weighted by atomic mass is 16.5. The predicted octanol–water partition coefficient (Wildman–Crippen LogP) is 0.991. The van der Waals surface area contributed by atoms with E-state index in [0.717, 1.165) is 25.2 Å². The van der Waals surface area contributed by atoms with Gasteiger partial charge in [-0.15, -0.1) is 0 Å². The second-order valence-electron chi connectivity index (χ2n) is 5.09. The van der Waals surface area contributed by atoms with Crippen LogP contribution in [0.5, 0.6) is 0 Å². The minimum absolute atomic E-state index is 0.106. The highest BCUT2D eigenvalue weighted by Crippen LogP contribution is 2.12. The number of hydrogen-bond acceptors (Lipinski definition) is 4. The summed E-state index contributed by atoms with van der Waals surface area (Å²) < 4.78 is 7.46. The summed E-state index contributed by atoms with van der Waals surface area (Å²) in [5, 5.41) is 12.0. The van der Waals surface area contributed by atoms with Gasteiger partial charge in [0.15, 0.2) is 0 Å². The van der Waals surface area contributed by atoms with Gasteiger partial charge < -0.3 is 10.5 Å². The van der Waals surface area contributed by atoms with Crippen molar-refractivity contribution in [2.45, 2.75) is 39.0 Å². The van der Waals surface area contributed by atoms with Gasteiger partial charge >= 0.3 is 0 Å². The molecule has 1 aliphatic heterocycles. The minimum Gasteiger partial charge on any atom is -0.385 e. The molecule has 1 aromatic heterocycles. The summed E-state index contributed by atoms with van der Waals surface area (Å²) in [7, 11) is 0. The van der Waals surface area contributed by atoms with Crippen molar-refractivity contribution in [3.63, 3.8) is 0 Å². The van der Waals surface area contributed by atoms with Crippen LogP contribution >= 0.6 is 0 Å². The molecule has 2 rings (SSSR count). The minimum atomic E-state index is -0.273. The molecule has 1 aliphatic rings. The lowest BCUT2D eigenvalue weighted by Gasteiger charge is -2.31. The van der Waals surface area contributed by atoms with Gasteiger partial charge in [0.1, 0.15) is 11.9 Å². The van der Waals surface area contributed by atoms with Crippen LogP contribution in [-0.4, -0.2) is 46.3 Å². The van der Waals surface area contributed by atoms with Crippen LogP contribution in [0.15, 0.2) is 12.3 Å². The summed E-state index contributed by atoms with van der Waals surface area (Å²) in [6, 6.07) is 2.49. The molecule has 6 heteroatoms. The lowest BCUT2D eigenvalue weighted by atomic mass is 10.2. The zero-order chi connectivity index (χ0) is 13.8. The molecule has 0 saturated carbocycles. The summed E-state index contributed by atoms with van der Waals surface area (Å²) in [5.41, 5.74) is 6.56. The van der Waals surface area contributed by atoms with Crippen molar-refractivity contribution in [2.75, 3.05) is 19.7 Å². The maximum Gasteiger partial charge on any atom is 0.127 e. The Labute approximate surface area is 114 Å². The molecule has 2 heterocycles. The molecule has 1 aromatic rings.